The summed E-state index contributed by atoms with van der Waals surface area (Å²) in [4.78, 5) is 11.2. The molecule has 1 N–H and O–H groups in total. The molecule has 3 nitrogen and oxygen atoms in total. The van der Waals surface area contributed by atoms with E-state index in [1.807, 2.05) is 0 Å². The number of methoxy groups -OCH3 is 1. The zero-order chi connectivity index (χ0) is 13.7. The van der Waals surface area contributed by atoms with Crippen LogP contribution >= 0.6 is 23.2 Å². The van der Waals surface area contributed by atoms with Gasteiger partial charge in [0.2, 0.25) is 0 Å². The number of benzene rings is 1. The van der Waals surface area contributed by atoms with Crippen molar-refractivity contribution in [2.24, 2.45) is 0 Å². The lowest BCUT2D eigenvalue weighted by Crippen LogP contribution is -2.16. The van der Waals surface area contributed by atoms with Crippen LogP contribution in [0.2, 0.25) is 5.02 Å². The molecule has 0 amide bonds. The van der Waals surface area contributed by atoms with Gasteiger partial charge < -0.3 is 9.84 Å². The lowest BCUT2D eigenvalue weighted by molar-refractivity contribution is -0.136. The minimum Gasteiger partial charge on any atom is -0.466 e. The van der Waals surface area contributed by atoms with Crippen molar-refractivity contribution < 1.29 is 14.6 Å². The minimum absolute atomic E-state index is 0.0947. The third-order valence-electron chi connectivity index (χ3n) is 2.24. The van der Waals surface area contributed by atoms with E-state index in [1.165, 1.54) is 13.2 Å². The molecule has 0 heterocycles. The van der Waals surface area contributed by atoms with E-state index in [4.69, 9.17) is 23.2 Å². The first-order valence-electron chi connectivity index (χ1n) is 5.04. The predicted molar refractivity (Wildman–Crippen MR) is 72.4 cm³/mol. The fourth-order valence-corrected chi connectivity index (χ4v) is 1.81. The highest BCUT2D eigenvalue weighted by Crippen LogP contribution is 2.27. The topological polar surface area (TPSA) is 46.5 Å². The second kappa shape index (κ2) is 6.59. The molecule has 1 aromatic rings. The molecule has 0 fully saturated rings. The van der Waals surface area contributed by atoms with Crippen LogP contribution in [0.5, 0.6) is 0 Å². The van der Waals surface area contributed by atoms with Crippen molar-refractivity contribution in [2.75, 3.05) is 7.11 Å². The van der Waals surface area contributed by atoms with E-state index in [0.717, 1.165) is 0 Å². The Hall–Kier alpha value is -1.29. The summed E-state index contributed by atoms with van der Waals surface area (Å²) < 4.78 is 4.45. The van der Waals surface area contributed by atoms with Gasteiger partial charge in [-0.05, 0) is 12.1 Å². The highest BCUT2D eigenvalue weighted by atomic mass is 35.5. The van der Waals surface area contributed by atoms with Crippen molar-refractivity contribution in [2.45, 2.75) is 6.10 Å². The first-order valence-corrected chi connectivity index (χ1v) is 5.80. The Bertz CT molecular complexity index is 495. The van der Waals surface area contributed by atoms with E-state index >= 15 is 0 Å². The summed E-state index contributed by atoms with van der Waals surface area (Å²) in [5.74, 6) is -0.692. The largest absolute Gasteiger partial charge is 0.466 e. The van der Waals surface area contributed by atoms with Crippen LogP contribution < -0.4 is 0 Å². The smallest absolute Gasteiger partial charge is 0.336 e. The molecular formula is C13H12Cl2O3. The van der Waals surface area contributed by atoms with Gasteiger partial charge >= 0.3 is 5.97 Å². The number of hydrogen-bond acceptors (Lipinski definition) is 3. The SMILES string of the molecule is C=C(C(=O)OC)C(O)/C=C(\Cl)c1ccccc1Cl. The van der Waals surface area contributed by atoms with Gasteiger partial charge in [0.1, 0.15) is 6.10 Å². The van der Waals surface area contributed by atoms with Crippen molar-refractivity contribution in [1.29, 1.82) is 0 Å². The number of esters is 1. The molecule has 1 unspecified atom stereocenters. The van der Waals surface area contributed by atoms with Crippen LogP contribution in [0.15, 0.2) is 42.5 Å². The molecule has 18 heavy (non-hydrogen) atoms. The lowest BCUT2D eigenvalue weighted by atomic mass is 10.1. The first kappa shape index (κ1) is 14.8. The summed E-state index contributed by atoms with van der Waals surface area (Å²) in [6.07, 6.45) is 0.0587. The van der Waals surface area contributed by atoms with E-state index in [0.29, 0.717) is 10.6 Å². The van der Waals surface area contributed by atoms with E-state index < -0.39 is 12.1 Å². The summed E-state index contributed by atoms with van der Waals surface area (Å²) in [6, 6.07) is 6.90. The monoisotopic (exact) mass is 286 g/mol. The van der Waals surface area contributed by atoms with Gasteiger partial charge in [0.25, 0.3) is 0 Å². The molecule has 96 valence electrons. The second-order valence-corrected chi connectivity index (χ2v) is 4.27. The summed E-state index contributed by atoms with van der Waals surface area (Å²) in [7, 11) is 1.21. The molecule has 1 rings (SSSR count). The first-order chi connectivity index (χ1) is 8.47. The number of rotatable bonds is 4. The molecule has 1 aromatic carbocycles. The van der Waals surface area contributed by atoms with Gasteiger partial charge in [-0.1, -0.05) is 48.0 Å². The van der Waals surface area contributed by atoms with E-state index in [9.17, 15) is 9.90 Å². The summed E-state index contributed by atoms with van der Waals surface area (Å²) >= 11 is 12.0. The van der Waals surface area contributed by atoms with Crippen molar-refractivity contribution >= 4 is 34.2 Å². The van der Waals surface area contributed by atoms with Crippen molar-refractivity contribution in [3.8, 4) is 0 Å². The van der Waals surface area contributed by atoms with Crippen LogP contribution in [0.1, 0.15) is 5.56 Å². The maximum atomic E-state index is 11.2. The number of halogens is 2. The summed E-state index contributed by atoms with van der Waals surface area (Å²) in [6.45, 7) is 3.43. The van der Waals surface area contributed by atoms with E-state index in [2.05, 4.69) is 11.3 Å². The fourth-order valence-electron chi connectivity index (χ4n) is 1.24. The predicted octanol–water partition coefficient (Wildman–Crippen LogP) is 3.01. The average molecular weight is 287 g/mol. The molecule has 0 saturated heterocycles. The fraction of sp³-hybridized carbons (Fsp3) is 0.154. The summed E-state index contributed by atoms with van der Waals surface area (Å²) in [5, 5.41) is 10.4. The molecule has 1 atom stereocenters. The zero-order valence-corrected chi connectivity index (χ0v) is 11.2. The van der Waals surface area contributed by atoms with Crippen LogP contribution in [-0.4, -0.2) is 24.3 Å². The molecule has 0 aliphatic heterocycles. The number of hydrogen-bond donors (Lipinski definition) is 1. The highest BCUT2D eigenvalue weighted by Gasteiger charge is 2.16. The normalized spacial score (nSPS) is 13.0. The Morgan fingerprint density at radius 3 is 2.67 bits per heavy atom. The van der Waals surface area contributed by atoms with Crippen molar-refractivity contribution in [3.05, 3.63) is 53.1 Å². The van der Waals surface area contributed by atoms with E-state index in [1.54, 1.807) is 24.3 Å². The van der Waals surface area contributed by atoms with Crippen LogP contribution in [0.4, 0.5) is 0 Å². The lowest BCUT2D eigenvalue weighted by Gasteiger charge is -2.09. The molecule has 0 aliphatic carbocycles. The van der Waals surface area contributed by atoms with Gasteiger partial charge in [0, 0.05) is 15.6 Å². The Morgan fingerprint density at radius 2 is 2.11 bits per heavy atom. The molecule has 5 heteroatoms. The number of aliphatic hydroxyl groups excluding tert-OH is 1. The quantitative estimate of drug-likeness (QED) is 0.684. The molecule has 0 bridgehead atoms. The van der Waals surface area contributed by atoms with Crippen LogP contribution in [0.3, 0.4) is 0 Å². The third-order valence-corrected chi connectivity index (χ3v) is 2.90. The van der Waals surface area contributed by atoms with Crippen molar-refractivity contribution in [3.63, 3.8) is 0 Å². The van der Waals surface area contributed by atoms with Gasteiger partial charge in [-0.2, -0.15) is 0 Å². The highest BCUT2D eigenvalue weighted by molar-refractivity contribution is 6.50. The standard InChI is InChI=1S/C13H12Cl2O3/c1-8(13(17)18-2)12(16)7-11(15)9-5-3-4-6-10(9)14/h3-7,12,16H,1H2,2H3/b11-7-. The third kappa shape index (κ3) is 3.60. The molecule has 0 saturated carbocycles. The Morgan fingerprint density at radius 1 is 1.50 bits per heavy atom. The van der Waals surface area contributed by atoms with Gasteiger partial charge in [-0.25, -0.2) is 4.79 Å². The molecule has 0 aliphatic rings. The summed E-state index contributed by atoms with van der Waals surface area (Å²) in [5.41, 5.74) is 0.472. The molecular weight excluding hydrogens is 275 g/mol. The van der Waals surface area contributed by atoms with Crippen LogP contribution in [0.25, 0.3) is 5.03 Å². The Kier molecular flexibility index (Phi) is 5.41. The maximum Gasteiger partial charge on any atom is 0.336 e. The Labute approximate surface area is 115 Å². The molecule has 0 spiro atoms. The van der Waals surface area contributed by atoms with Gasteiger partial charge in [0.15, 0.2) is 0 Å². The number of ether oxygens (including phenoxy) is 1. The van der Waals surface area contributed by atoms with Crippen LogP contribution in [-0.2, 0) is 9.53 Å². The second-order valence-electron chi connectivity index (χ2n) is 3.46. The van der Waals surface area contributed by atoms with Crippen LogP contribution in [0, 0.1) is 0 Å². The van der Waals surface area contributed by atoms with E-state index in [-0.39, 0.29) is 10.6 Å². The average Bonchev–Trinajstić information content (AvgIpc) is 2.37. The minimum atomic E-state index is -1.22. The molecule has 0 radical (unpaired) electrons. The number of carbonyl (C=O) groups is 1. The number of aliphatic hydroxyl groups is 1. The maximum absolute atomic E-state index is 11.2. The van der Waals surface area contributed by atoms with Gasteiger partial charge in [-0.3, -0.25) is 0 Å². The molecule has 0 aromatic heterocycles. The van der Waals surface area contributed by atoms with Gasteiger partial charge in [-0.15, -0.1) is 0 Å². The zero-order valence-electron chi connectivity index (χ0n) is 9.69. The number of carbonyl (C=O) groups excluding carboxylic acids is 1. The van der Waals surface area contributed by atoms with Crippen molar-refractivity contribution in [1.82, 2.24) is 0 Å². The Balaban J connectivity index is 2.94. The van der Waals surface area contributed by atoms with Gasteiger partial charge in [0.05, 0.1) is 12.7 Å².